The quantitative estimate of drug-likeness (QED) is 0.358. The van der Waals surface area contributed by atoms with Gasteiger partial charge >= 0.3 is 5.97 Å². The predicted molar refractivity (Wildman–Crippen MR) is 118 cm³/mol. The lowest BCUT2D eigenvalue weighted by molar-refractivity contribution is -0.135. The van der Waals surface area contributed by atoms with E-state index in [9.17, 15) is 18.0 Å². The lowest BCUT2D eigenvalue weighted by Gasteiger charge is -2.09. The van der Waals surface area contributed by atoms with E-state index >= 15 is 0 Å². The number of carbonyl (C=O) groups is 2. The molecule has 0 bridgehead atoms. The molecule has 0 spiro atoms. The van der Waals surface area contributed by atoms with Crippen LogP contribution < -0.4 is 9.46 Å². The zero-order valence-electron chi connectivity index (χ0n) is 16.8. The fourth-order valence-corrected chi connectivity index (χ4v) is 3.67. The minimum Gasteiger partial charge on any atom is -0.488 e. The van der Waals surface area contributed by atoms with Crippen LogP contribution in [0.2, 0.25) is 0 Å². The summed E-state index contributed by atoms with van der Waals surface area (Å²) in [6, 6.07) is 16.2. The molecule has 1 aromatic heterocycles. The van der Waals surface area contributed by atoms with E-state index in [1.807, 2.05) is 35.1 Å². The van der Waals surface area contributed by atoms with Gasteiger partial charge in [0.25, 0.3) is 0 Å². The molecular weight excluding hydrogens is 432 g/mol. The second-order valence-electron chi connectivity index (χ2n) is 6.63. The van der Waals surface area contributed by atoms with Crippen LogP contribution in [0.5, 0.6) is 5.75 Å². The van der Waals surface area contributed by atoms with Gasteiger partial charge in [-0.25, -0.2) is 8.42 Å². The lowest BCUT2D eigenvalue weighted by atomic mass is 10.1. The van der Waals surface area contributed by atoms with Crippen LogP contribution in [0.3, 0.4) is 0 Å². The highest BCUT2D eigenvalue weighted by Crippen LogP contribution is 2.21. The average Bonchev–Trinajstić information content (AvgIpc) is 2.81. The first-order chi connectivity index (χ1) is 15.3. The van der Waals surface area contributed by atoms with Crippen LogP contribution in [0.4, 0.5) is 0 Å². The van der Waals surface area contributed by atoms with Gasteiger partial charge in [0.15, 0.2) is 5.78 Å². The van der Waals surface area contributed by atoms with Crippen LogP contribution in [0, 0.1) is 0 Å². The Morgan fingerprint density at radius 3 is 2.47 bits per heavy atom. The number of rotatable bonds is 10. The molecule has 2 N–H and O–H groups in total. The summed E-state index contributed by atoms with van der Waals surface area (Å²) in [5.74, 6) is -1.02. The normalized spacial score (nSPS) is 11.4. The Hall–Kier alpha value is -3.82. The number of sulfonamides is 1. The van der Waals surface area contributed by atoms with Gasteiger partial charge in [0.05, 0.1) is 4.90 Å². The number of hydrogen-bond acceptors (Lipinski definition) is 6. The number of nitrogens with one attached hydrogen (secondary N) is 1. The Morgan fingerprint density at radius 2 is 1.78 bits per heavy atom. The molecule has 2 aromatic carbocycles. The van der Waals surface area contributed by atoms with E-state index in [0.717, 1.165) is 5.56 Å². The van der Waals surface area contributed by atoms with Crippen LogP contribution in [-0.4, -0.2) is 36.8 Å². The molecule has 0 unspecified atom stereocenters. The molecule has 0 saturated carbocycles. The van der Waals surface area contributed by atoms with E-state index < -0.39 is 22.5 Å². The molecule has 164 valence electrons. The van der Waals surface area contributed by atoms with Gasteiger partial charge in [0.2, 0.25) is 10.0 Å². The van der Waals surface area contributed by atoms with E-state index in [2.05, 4.69) is 4.98 Å². The van der Waals surface area contributed by atoms with Crippen molar-refractivity contribution < 1.29 is 27.9 Å². The molecule has 0 aliphatic heterocycles. The molecule has 0 aliphatic rings. The maximum Gasteiger partial charge on any atom is 0.318 e. The van der Waals surface area contributed by atoms with Gasteiger partial charge in [-0.15, -0.1) is 0 Å². The molecular formula is C23H20N2O6S. The number of carboxylic acids is 1. The van der Waals surface area contributed by atoms with Crippen molar-refractivity contribution in [2.45, 2.75) is 11.5 Å². The summed E-state index contributed by atoms with van der Waals surface area (Å²) >= 11 is 0. The average molecular weight is 452 g/mol. The molecule has 3 aromatic rings. The molecule has 0 saturated heterocycles. The summed E-state index contributed by atoms with van der Waals surface area (Å²) in [4.78, 5) is 27.0. The van der Waals surface area contributed by atoms with E-state index in [-0.39, 0.29) is 16.2 Å². The molecule has 0 fully saturated rings. The van der Waals surface area contributed by atoms with Crippen molar-refractivity contribution in [3.63, 3.8) is 0 Å². The largest absolute Gasteiger partial charge is 0.488 e. The predicted octanol–water partition coefficient (Wildman–Crippen LogP) is 2.92. The Morgan fingerprint density at radius 1 is 1.03 bits per heavy atom. The molecule has 3 rings (SSSR count). The maximum absolute atomic E-state index is 12.5. The number of ketones is 1. The van der Waals surface area contributed by atoms with Crippen molar-refractivity contribution in [1.82, 2.24) is 9.71 Å². The second-order valence-corrected chi connectivity index (χ2v) is 8.39. The number of aliphatic carboxylic acids is 1. The van der Waals surface area contributed by atoms with E-state index in [0.29, 0.717) is 17.9 Å². The number of carboxylic acid groups (broad SMARTS) is 1. The number of benzene rings is 2. The SMILES string of the molecule is O=C(O)CNS(=O)(=O)c1ccc(C(=O)/C=C/c2ccccc2OCc2cccnc2)cc1. The monoisotopic (exact) mass is 452 g/mol. The van der Waals surface area contributed by atoms with E-state index in [1.165, 1.54) is 30.3 Å². The van der Waals surface area contributed by atoms with Crippen LogP contribution in [-0.2, 0) is 21.4 Å². The second kappa shape index (κ2) is 10.5. The van der Waals surface area contributed by atoms with E-state index in [1.54, 1.807) is 24.5 Å². The highest BCUT2D eigenvalue weighted by atomic mass is 32.2. The number of nitrogens with zero attached hydrogens (tertiary/aromatic N) is 1. The van der Waals surface area contributed by atoms with Crippen LogP contribution in [0.25, 0.3) is 6.08 Å². The number of allylic oxidation sites excluding steroid dienone is 1. The zero-order valence-corrected chi connectivity index (χ0v) is 17.7. The number of ether oxygens (including phenoxy) is 1. The Balaban J connectivity index is 1.68. The molecule has 32 heavy (non-hydrogen) atoms. The van der Waals surface area contributed by atoms with Crippen molar-refractivity contribution >= 4 is 27.9 Å². The van der Waals surface area contributed by atoms with Crippen molar-refractivity contribution in [3.8, 4) is 5.75 Å². The number of aromatic nitrogens is 1. The first-order valence-electron chi connectivity index (χ1n) is 9.50. The van der Waals surface area contributed by atoms with Gasteiger partial charge in [-0.2, -0.15) is 4.72 Å². The molecule has 9 heteroatoms. The summed E-state index contributed by atoms with van der Waals surface area (Å²) < 4.78 is 31.9. The molecule has 0 amide bonds. The van der Waals surface area contributed by atoms with Gasteiger partial charge in [0, 0.05) is 29.1 Å². The summed E-state index contributed by atoms with van der Waals surface area (Å²) in [5.41, 5.74) is 1.91. The highest BCUT2D eigenvalue weighted by Gasteiger charge is 2.15. The third-order valence-electron chi connectivity index (χ3n) is 4.31. The lowest BCUT2D eigenvalue weighted by Crippen LogP contribution is -2.29. The molecule has 1 heterocycles. The number of hydrogen-bond donors (Lipinski definition) is 2. The highest BCUT2D eigenvalue weighted by molar-refractivity contribution is 7.89. The Kier molecular flexibility index (Phi) is 7.48. The fourth-order valence-electron chi connectivity index (χ4n) is 2.69. The standard InChI is InChI=1S/C23H20N2O6S/c26-21(18-7-10-20(11-8-18)32(29,30)25-15-23(27)28)12-9-19-5-1-2-6-22(19)31-16-17-4-3-13-24-14-17/h1-14,25H,15-16H2,(H,27,28)/b12-9+. The van der Waals surface area contributed by atoms with Gasteiger partial charge < -0.3 is 9.84 Å². The molecule has 0 atom stereocenters. The van der Waals surface area contributed by atoms with Crippen molar-refractivity contribution in [3.05, 3.63) is 95.8 Å². The Labute approximate surface area is 185 Å². The Bertz CT molecular complexity index is 1220. The van der Waals surface area contributed by atoms with Gasteiger partial charge in [0.1, 0.15) is 18.9 Å². The van der Waals surface area contributed by atoms with Crippen molar-refractivity contribution in [2.75, 3.05) is 6.54 Å². The van der Waals surface area contributed by atoms with Gasteiger partial charge in [-0.05, 0) is 48.6 Å². The fraction of sp³-hybridized carbons (Fsp3) is 0.0870. The smallest absolute Gasteiger partial charge is 0.318 e. The topological polar surface area (TPSA) is 123 Å². The van der Waals surface area contributed by atoms with Crippen molar-refractivity contribution in [1.29, 1.82) is 0 Å². The molecule has 0 aliphatic carbocycles. The first kappa shape index (κ1) is 22.9. The number of para-hydroxylation sites is 1. The van der Waals surface area contributed by atoms with E-state index in [4.69, 9.17) is 9.84 Å². The molecule has 0 radical (unpaired) electrons. The van der Waals surface area contributed by atoms with Crippen molar-refractivity contribution in [2.24, 2.45) is 0 Å². The van der Waals surface area contributed by atoms with Crippen LogP contribution in [0.1, 0.15) is 21.5 Å². The van der Waals surface area contributed by atoms with Gasteiger partial charge in [-0.1, -0.05) is 24.3 Å². The summed E-state index contributed by atoms with van der Waals surface area (Å²) in [6.07, 6.45) is 6.39. The minimum absolute atomic E-state index is 0.131. The molecule has 8 nitrogen and oxygen atoms in total. The third kappa shape index (κ3) is 6.34. The summed E-state index contributed by atoms with van der Waals surface area (Å²) in [7, 11) is -3.97. The maximum atomic E-state index is 12.5. The first-order valence-corrected chi connectivity index (χ1v) is 11.0. The summed E-state index contributed by atoms with van der Waals surface area (Å²) in [5, 5.41) is 8.61. The van der Waals surface area contributed by atoms with Gasteiger partial charge in [-0.3, -0.25) is 14.6 Å². The van der Waals surface area contributed by atoms with Crippen LogP contribution >= 0.6 is 0 Å². The van der Waals surface area contributed by atoms with Crippen LogP contribution in [0.15, 0.2) is 84.0 Å². The number of carbonyl (C=O) groups excluding carboxylic acids is 1. The third-order valence-corrected chi connectivity index (χ3v) is 5.73. The summed E-state index contributed by atoms with van der Waals surface area (Å²) in [6.45, 7) is -0.396. The minimum atomic E-state index is -3.97. The number of pyridine rings is 1. The zero-order chi connectivity index (χ0) is 23.0.